The lowest BCUT2D eigenvalue weighted by Crippen LogP contribution is -2.10. The van der Waals surface area contributed by atoms with Gasteiger partial charge in [0, 0.05) is 41.5 Å². The molecule has 0 spiro atoms. The summed E-state index contributed by atoms with van der Waals surface area (Å²) in [5.41, 5.74) is 8.66. The van der Waals surface area contributed by atoms with E-state index >= 15 is 0 Å². The van der Waals surface area contributed by atoms with E-state index < -0.39 is 5.91 Å². The fourth-order valence-electron chi connectivity index (χ4n) is 3.12. The van der Waals surface area contributed by atoms with Gasteiger partial charge in [-0.3, -0.25) is 4.79 Å². The van der Waals surface area contributed by atoms with E-state index in [0.717, 1.165) is 11.3 Å². The number of nitrogens with zero attached hydrogens (tertiary/aromatic N) is 3. The van der Waals surface area contributed by atoms with Crippen LogP contribution in [0.2, 0.25) is 0 Å². The van der Waals surface area contributed by atoms with Crippen LogP contribution >= 0.6 is 0 Å². The van der Waals surface area contributed by atoms with Crippen molar-refractivity contribution in [2.45, 2.75) is 0 Å². The predicted octanol–water partition coefficient (Wildman–Crippen LogP) is 2.62. The summed E-state index contributed by atoms with van der Waals surface area (Å²) in [7, 11) is 1.55. The number of carbonyl (C=O) groups excluding carboxylic acids is 1. The Morgan fingerprint density at radius 2 is 2.00 bits per heavy atom. The van der Waals surface area contributed by atoms with Crippen molar-refractivity contribution in [1.29, 1.82) is 0 Å². The molecule has 0 atom stereocenters. The maximum atomic E-state index is 11.3. The fourth-order valence-corrected chi connectivity index (χ4v) is 3.12. The van der Waals surface area contributed by atoms with E-state index in [0.29, 0.717) is 34.2 Å². The molecular weight excluding hydrogens is 398 g/mol. The van der Waals surface area contributed by atoms with Crippen LogP contribution in [0.25, 0.3) is 16.9 Å². The molecule has 4 aromatic rings. The van der Waals surface area contributed by atoms with Crippen LogP contribution < -0.4 is 20.5 Å². The monoisotopic (exact) mass is 419 g/mol. The maximum Gasteiger partial charge on any atom is 0.248 e. The number of nitrogens with one attached hydrogen (secondary N) is 1. The molecule has 0 saturated heterocycles. The summed E-state index contributed by atoms with van der Waals surface area (Å²) in [6, 6.07) is 12.3. The maximum absolute atomic E-state index is 11.3. The number of aliphatic hydroxyl groups excluding tert-OH is 1. The third-order valence-electron chi connectivity index (χ3n) is 4.61. The summed E-state index contributed by atoms with van der Waals surface area (Å²) < 4.78 is 12.7. The number of carbonyl (C=O) groups is 1. The molecule has 4 N–H and O–H groups in total. The van der Waals surface area contributed by atoms with Gasteiger partial charge in [0.2, 0.25) is 5.91 Å². The Labute approximate surface area is 178 Å². The van der Waals surface area contributed by atoms with Crippen molar-refractivity contribution in [3.63, 3.8) is 0 Å². The van der Waals surface area contributed by atoms with Gasteiger partial charge in [0.1, 0.15) is 6.61 Å². The number of aliphatic hydroxyl groups is 1. The third kappa shape index (κ3) is 4.26. The molecule has 0 fully saturated rings. The Bertz CT molecular complexity index is 1220. The predicted molar refractivity (Wildman–Crippen MR) is 116 cm³/mol. The molecule has 0 bridgehead atoms. The third-order valence-corrected chi connectivity index (χ3v) is 4.61. The molecule has 2 aromatic carbocycles. The second-order valence-electron chi connectivity index (χ2n) is 6.64. The van der Waals surface area contributed by atoms with Gasteiger partial charge in [-0.2, -0.15) is 0 Å². The number of aromatic nitrogens is 3. The number of hydrogen-bond acceptors (Lipinski definition) is 7. The van der Waals surface area contributed by atoms with E-state index in [1.54, 1.807) is 49.7 Å². The number of benzene rings is 2. The zero-order valence-electron chi connectivity index (χ0n) is 16.8. The number of imidazole rings is 1. The van der Waals surface area contributed by atoms with Gasteiger partial charge in [0.15, 0.2) is 23.0 Å². The molecule has 0 aliphatic heterocycles. The van der Waals surface area contributed by atoms with E-state index in [1.165, 1.54) is 0 Å². The lowest BCUT2D eigenvalue weighted by atomic mass is 10.1. The van der Waals surface area contributed by atoms with E-state index in [9.17, 15) is 4.79 Å². The van der Waals surface area contributed by atoms with Gasteiger partial charge >= 0.3 is 0 Å². The highest BCUT2D eigenvalue weighted by atomic mass is 16.5. The van der Waals surface area contributed by atoms with Crippen molar-refractivity contribution in [2.75, 3.05) is 25.6 Å². The van der Waals surface area contributed by atoms with Crippen molar-refractivity contribution in [3.05, 3.63) is 66.6 Å². The first kappa shape index (κ1) is 20.2. The molecule has 9 heteroatoms. The van der Waals surface area contributed by atoms with Crippen LogP contribution in [0.4, 0.5) is 11.5 Å². The largest absolute Gasteiger partial charge is 0.493 e. The first-order valence-corrected chi connectivity index (χ1v) is 9.51. The molecular formula is C22H21N5O4. The molecule has 0 saturated carbocycles. The van der Waals surface area contributed by atoms with E-state index in [1.807, 2.05) is 22.9 Å². The summed E-state index contributed by atoms with van der Waals surface area (Å²) in [6.45, 7) is 0.0914. The van der Waals surface area contributed by atoms with Gasteiger partial charge in [-0.05, 0) is 24.3 Å². The van der Waals surface area contributed by atoms with E-state index in [-0.39, 0.29) is 13.2 Å². The number of primary amides is 1. The zero-order valence-corrected chi connectivity index (χ0v) is 16.8. The molecule has 0 aliphatic rings. The number of amides is 1. The van der Waals surface area contributed by atoms with Crippen LogP contribution in [0.15, 0.2) is 61.1 Å². The van der Waals surface area contributed by atoms with Crippen molar-refractivity contribution >= 4 is 23.1 Å². The van der Waals surface area contributed by atoms with Crippen LogP contribution in [0.5, 0.6) is 11.5 Å². The van der Waals surface area contributed by atoms with Crippen LogP contribution in [-0.4, -0.2) is 45.7 Å². The first-order valence-electron chi connectivity index (χ1n) is 9.51. The van der Waals surface area contributed by atoms with Crippen LogP contribution in [0, 0.1) is 0 Å². The number of hydrogen-bond donors (Lipinski definition) is 3. The number of fused-ring (bicyclic) bond motifs is 1. The molecule has 9 nitrogen and oxygen atoms in total. The number of ether oxygens (including phenoxy) is 2. The Morgan fingerprint density at radius 1 is 1.19 bits per heavy atom. The lowest BCUT2D eigenvalue weighted by Gasteiger charge is -2.13. The molecule has 1 amide bonds. The minimum atomic E-state index is -0.479. The molecule has 2 heterocycles. The number of nitrogens with two attached hydrogens (primary N) is 1. The lowest BCUT2D eigenvalue weighted by molar-refractivity contribution is 0.100. The van der Waals surface area contributed by atoms with Gasteiger partial charge in [0.05, 0.1) is 19.4 Å². The highest BCUT2D eigenvalue weighted by Crippen LogP contribution is 2.32. The van der Waals surface area contributed by atoms with Crippen molar-refractivity contribution in [3.8, 4) is 22.8 Å². The van der Waals surface area contributed by atoms with Crippen LogP contribution in [0.1, 0.15) is 10.4 Å². The minimum absolute atomic E-state index is 0.0852. The van der Waals surface area contributed by atoms with E-state index in [2.05, 4.69) is 10.3 Å². The van der Waals surface area contributed by atoms with Gasteiger partial charge in [-0.15, -0.1) is 0 Å². The normalized spacial score (nSPS) is 10.8. The highest BCUT2D eigenvalue weighted by molar-refractivity contribution is 5.93. The fraction of sp³-hybridized carbons (Fsp3) is 0.136. The van der Waals surface area contributed by atoms with Gasteiger partial charge in [-0.1, -0.05) is 12.1 Å². The molecule has 0 aliphatic carbocycles. The van der Waals surface area contributed by atoms with Crippen molar-refractivity contribution < 1.29 is 19.4 Å². The van der Waals surface area contributed by atoms with Gasteiger partial charge < -0.3 is 30.0 Å². The Balaban J connectivity index is 1.69. The van der Waals surface area contributed by atoms with Crippen molar-refractivity contribution in [2.24, 2.45) is 5.73 Å². The van der Waals surface area contributed by atoms with Crippen LogP contribution in [0.3, 0.4) is 0 Å². The van der Waals surface area contributed by atoms with Gasteiger partial charge in [-0.25, -0.2) is 9.97 Å². The van der Waals surface area contributed by atoms with Crippen molar-refractivity contribution in [1.82, 2.24) is 14.4 Å². The second-order valence-corrected chi connectivity index (χ2v) is 6.64. The average molecular weight is 419 g/mol. The first-order chi connectivity index (χ1) is 15.1. The number of anilines is 2. The smallest absolute Gasteiger partial charge is 0.248 e. The molecule has 31 heavy (non-hydrogen) atoms. The number of methoxy groups -OCH3 is 1. The quantitative estimate of drug-likeness (QED) is 0.401. The number of rotatable bonds is 8. The highest BCUT2D eigenvalue weighted by Gasteiger charge is 2.12. The van der Waals surface area contributed by atoms with E-state index in [4.69, 9.17) is 25.3 Å². The minimum Gasteiger partial charge on any atom is -0.493 e. The Morgan fingerprint density at radius 3 is 2.71 bits per heavy atom. The van der Waals surface area contributed by atoms with Crippen LogP contribution in [-0.2, 0) is 0 Å². The topological polar surface area (TPSA) is 124 Å². The SMILES string of the molecule is COc1cc(Nc2nc(-c3ccc(C(N)=O)cc3)cn3ccnc23)ccc1OCCO. The molecule has 2 aromatic heterocycles. The Hall–Kier alpha value is -4.11. The molecule has 4 rings (SSSR count). The zero-order chi connectivity index (χ0) is 21.8. The summed E-state index contributed by atoms with van der Waals surface area (Å²) in [6.07, 6.45) is 5.38. The molecule has 0 radical (unpaired) electrons. The second kappa shape index (κ2) is 8.72. The molecule has 158 valence electrons. The van der Waals surface area contributed by atoms with Gasteiger partial charge in [0.25, 0.3) is 0 Å². The summed E-state index contributed by atoms with van der Waals surface area (Å²) >= 11 is 0. The summed E-state index contributed by atoms with van der Waals surface area (Å²) in [5, 5.41) is 12.2. The summed E-state index contributed by atoms with van der Waals surface area (Å²) in [5.74, 6) is 1.13. The average Bonchev–Trinajstić information content (AvgIpc) is 3.27. The standard InChI is InChI=1S/C22H21N5O4/c1-30-19-12-16(6-7-18(19)31-11-10-28)25-21-22-24-8-9-27(22)13-17(26-21)14-2-4-15(5-3-14)20(23)29/h2-9,12-13,28H,10-11H2,1H3,(H2,23,29)(H,25,26). The summed E-state index contributed by atoms with van der Waals surface area (Å²) in [4.78, 5) is 20.4. The Kier molecular flexibility index (Phi) is 5.67. The molecule has 0 unspecified atom stereocenters.